The van der Waals surface area contributed by atoms with Gasteiger partial charge in [0.1, 0.15) is 11.6 Å². The Morgan fingerprint density at radius 3 is 2.69 bits per heavy atom. The van der Waals surface area contributed by atoms with E-state index in [4.69, 9.17) is 9.72 Å². The molecule has 3 aromatic rings. The molecule has 5 nitrogen and oxygen atoms in total. The zero-order valence-electron chi connectivity index (χ0n) is 17.3. The summed E-state index contributed by atoms with van der Waals surface area (Å²) in [6.07, 6.45) is 5.32. The van der Waals surface area contributed by atoms with Crippen LogP contribution >= 0.6 is 0 Å². The van der Waals surface area contributed by atoms with E-state index < -0.39 is 0 Å². The van der Waals surface area contributed by atoms with Crippen molar-refractivity contribution < 1.29 is 9.53 Å². The maximum absolute atomic E-state index is 12.9. The number of hydrogen-bond donors (Lipinski definition) is 0. The lowest BCUT2D eigenvalue weighted by Gasteiger charge is -2.19. The van der Waals surface area contributed by atoms with Crippen LogP contribution in [0.4, 0.5) is 5.69 Å². The molecule has 0 unspecified atom stereocenters. The maximum atomic E-state index is 12.9. The predicted octanol–water partition coefficient (Wildman–Crippen LogP) is 5.15. The van der Waals surface area contributed by atoms with Crippen LogP contribution in [0.1, 0.15) is 50.8 Å². The zero-order chi connectivity index (χ0) is 20.2. The fourth-order valence-electron chi connectivity index (χ4n) is 4.30. The van der Waals surface area contributed by atoms with Crippen LogP contribution in [0.15, 0.2) is 48.5 Å². The fourth-order valence-corrected chi connectivity index (χ4v) is 4.30. The number of aryl methyl sites for hydroxylation is 1. The molecular formula is C24H29N3O2. The molecule has 0 bridgehead atoms. The number of unbranched alkanes of at least 4 members (excludes halogenated alkanes) is 3. The summed E-state index contributed by atoms with van der Waals surface area (Å²) in [4.78, 5) is 19.7. The molecule has 0 radical (unpaired) electrons. The van der Waals surface area contributed by atoms with Crippen LogP contribution < -0.4 is 9.64 Å². The number of carbonyl (C=O) groups is 1. The summed E-state index contributed by atoms with van der Waals surface area (Å²) >= 11 is 0. The molecule has 29 heavy (non-hydrogen) atoms. The van der Waals surface area contributed by atoms with Gasteiger partial charge in [-0.15, -0.1) is 0 Å². The molecule has 5 heteroatoms. The molecule has 2 aromatic carbocycles. The van der Waals surface area contributed by atoms with Gasteiger partial charge in [-0.1, -0.05) is 50.5 Å². The topological polar surface area (TPSA) is 47.4 Å². The van der Waals surface area contributed by atoms with Crippen LogP contribution in [-0.2, 0) is 11.3 Å². The van der Waals surface area contributed by atoms with Crippen LogP contribution in [0, 0.1) is 0 Å². The van der Waals surface area contributed by atoms with Crippen molar-refractivity contribution in [1.82, 2.24) is 9.55 Å². The molecule has 1 aliphatic rings. The molecule has 1 aliphatic heterocycles. The number of methoxy groups -OCH3 is 1. The fraction of sp³-hybridized carbons (Fsp3) is 0.417. The zero-order valence-corrected chi connectivity index (χ0v) is 17.3. The first kappa shape index (κ1) is 19.5. The monoisotopic (exact) mass is 391 g/mol. The highest BCUT2D eigenvalue weighted by Gasteiger charge is 2.35. The van der Waals surface area contributed by atoms with Gasteiger partial charge in [0.25, 0.3) is 0 Å². The summed E-state index contributed by atoms with van der Waals surface area (Å²) in [6, 6.07) is 16.0. The van der Waals surface area contributed by atoms with Gasteiger partial charge < -0.3 is 14.2 Å². The Hall–Kier alpha value is -2.82. The minimum Gasteiger partial charge on any atom is -0.495 e. The van der Waals surface area contributed by atoms with Crippen molar-refractivity contribution in [3.63, 3.8) is 0 Å². The van der Waals surface area contributed by atoms with E-state index in [2.05, 4.69) is 29.7 Å². The third kappa shape index (κ3) is 3.86. The Bertz CT molecular complexity index is 995. The quantitative estimate of drug-likeness (QED) is 0.499. The van der Waals surface area contributed by atoms with Crippen molar-refractivity contribution in [2.24, 2.45) is 0 Å². The Morgan fingerprint density at radius 2 is 1.86 bits per heavy atom. The van der Waals surface area contributed by atoms with Gasteiger partial charge in [0, 0.05) is 25.4 Å². The van der Waals surface area contributed by atoms with E-state index in [0.717, 1.165) is 35.7 Å². The Morgan fingerprint density at radius 1 is 1.07 bits per heavy atom. The normalized spacial score (nSPS) is 16.7. The lowest BCUT2D eigenvalue weighted by molar-refractivity contribution is -0.117. The molecule has 4 rings (SSSR count). The molecule has 1 amide bonds. The Labute approximate surface area is 172 Å². The van der Waals surface area contributed by atoms with Crippen LogP contribution in [0.3, 0.4) is 0 Å². The van der Waals surface area contributed by atoms with Gasteiger partial charge in [0.15, 0.2) is 0 Å². The smallest absolute Gasteiger partial charge is 0.227 e. The number of ether oxygens (including phenoxy) is 1. The Kier molecular flexibility index (Phi) is 5.84. The molecule has 2 heterocycles. The molecule has 1 fully saturated rings. The summed E-state index contributed by atoms with van der Waals surface area (Å²) < 4.78 is 7.82. The van der Waals surface area contributed by atoms with Gasteiger partial charge in [-0.25, -0.2) is 4.98 Å². The van der Waals surface area contributed by atoms with Crippen molar-refractivity contribution >= 4 is 22.6 Å². The second-order valence-corrected chi connectivity index (χ2v) is 7.75. The first-order chi connectivity index (χ1) is 14.2. The first-order valence-corrected chi connectivity index (χ1v) is 10.6. The van der Waals surface area contributed by atoms with Crippen molar-refractivity contribution in [2.75, 3.05) is 18.6 Å². The summed E-state index contributed by atoms with van der Waals surface area (Å²) in [5.41, 5.74) is 3.02. The predicted molar refractivity (Wildman–Crippen MR) is 117 cm³/mol. The number of carbonyl (C=O) groups excluding carboxylic acids is 1. The standard InChI is InChI=1S/C24H29N3O2/c1-3-4-5-10-15-26-20-12-7-6-11-19(20)25-24(26)18-16-23(28)27(17-18)21-13-8-9-14-22(21)29-2/h6-9,11-14,18H,3-5,10,15-17H2,1-2H3/t18-/m0/s1. The average molecular weight is 392 g/mol. The lowest BCUT2D eigenvalue weighted by Crippen LogP contribution is -2.25. The number of hydrogen-bond acceptors (Lipinski definition) is 3. The number of rotatable bonds is 8. The molecule has 1 saturated heterocycles. The second kappa shape index (κ2) is 8.68. The lowest BCUT2D eigenvalue weighted by atomic mass is 10.1. The van der Waals surface area contributed by atoms with E-state index in [1.165, 1.54) is 24.8 Å². The third-order valence-electron chi connectivity index (χ3n) is 5.79. The van der Waals surface area contributed by atoms with E-state index in [1.807, 2.05) is 35.2 Å². The van der Waals surface area contributed by atoms with Gasteiger partial charge >= 0.3 is 0 Å². The van der Waals surface area contributed by atoms with Crippen LogP contribution in [0.2, 0.25) is 0 Å². The second-order valence-electron chi connectivity index (χ2n) is 7.75. The molecular weight excluding hydrogens is 362 g/mol. The minimum atomic E-state index is 0.0889. The highest BCUT2D eigenvalue weighted by molar-refractivity contribution is 5.97. The van der Waals surface area contributed by atoms with E-state index >= 15 is 0 Å². The number of anilines is 1. The van der Waals surface area contributed by atoms with Crippen LogP contribution in [0.25, 0.3) is 11.0 Å². The molecule has 0 spiro atoms. The molecule has 0 saturated carbocycles. The van der Waals surface area contributed by atoms with Gasteiger partial charge in [0.2, 0.25) is 5.91 Å². The van der Waals surface area contributed by atoms with Crippen molar-refractivity contribution in [3.05, 3.63) is 54.4 Å². The summed E-state index contributed by atoms with van der Waals surface area (Å²) in [5, 5.41) is 0. The largest absolute Gasteiger partial charge is 0.495 e. The number of nitrogens with zero attached hydrogens (tertiary/aromatic N) is 3. The number of benzene rings is 2. The van der Waals surface area contributed by atoms with E-state index in [0.29, 0.717) is 13.0 Å². The number of amides is 1. The SMILES string of the molecule is CCCCCCn1c([C@H]2CC(=O)N(c3ccccc3OC)C2)nc2ccccc21. The highest BCUT2D eigenvalue weighted by atomic mass is 16.5. The van der Waals surface area contributed by atoms with Crippen molar-refractivity contribution in [3.8, 4) is 5.75 Å². The van der Waals surface area contributed by atoms with Crippen LogP contribution in [0.5, 0.6) is 5.75 Å². The van der Waals surface area contributed by atoms with E-state index in [9.17, 15) is 4.79 Å². The average Bonchev–Trinajstić information content (AvgIpc) is 3.31. The molecule has 152 valence electrons. The summed E-state index contributed by atoms with van der Waals surface area (Å²) in [6.45, 7) is 3.82. The van der Waals surface area contributed by atoms with Crippen molar-refractivity contribution in [1.29, 1.82) is 0 Å². The molecule has 0 aliphatic carbocycles. The molecule has 0 N–H and O–H groups in total. The van der Waals surface area contributed by atoms with Gasteiger partial charge in [-0.2, -0.15) is 0 Å². The van der Waals surface area contributed by atoms with E-state index in [-0.39, 0.29) is 11.8 Å². The number of fused-ring (bicyclic) bond motifs is 1. The number of imidazole rings is 1. The summed E-state index contributed by atoms with van der Waals surface area (Å²) in [7, 11) is 1.65. The number of aromatic nitrogens is 2. The molecule has 1 aromatic heterocycles. The third-order valence-corrected chi connectivity index (χ3v) is 5.79. The minimum absolute atomic E-state index is 0.0889. The molecule has 1 atom stereocenters. The maximum Gasteiger partial charge on any atom is 0.227 e. The summed E-state index contributed by atoms with van der Waals surface area (Å²) in [5.74, 6) is 1.98. The van der Waals surface area contributed by atoms with E-state index in [1.54, 1.807) is 7.11 Å². The van der Waals surface area contributed by atoms with Gasteiger partial charge in [-0.05, 0) is 30.7 Å². The van der Waals surface area contributed by atoms with Gasteiger partial charge in [0.05, 0.1) is 23.8 Å². The van der Waals surface area contributed by atoms with Crippen molar-refractivity contribution in [2.45, 2.75) is 51.5 Å². The number of para-hydroxylation sites is 4. The van der Waals surface area contributed by atoms with Gasteiger partial charge in [-0.3, -0.25) is 4.79 Å². The Balaban J connectivity index is 1.63. The first-order valence-electron chi connectivity index (χ1n) is 10.6. The van der Waals surface area contributed by atoms with Crippen LogP contribution in [-0.4, -0.2) is 29.1 Å². The highest BCUT2D eigenvalue weighted by Crippen LogP contribution is 2.37.